The zero-order valence-corrected chi connectivity index (χ0v) is 11.6. The van der Waals surface area contributed by atoms with Crippen molar-refractivity contribution < 1.29 is 9.53 Å². The Kier molecular flexibility index (Phi) is 5.44. The molecule has 0 aliphatic heterocycles. The van der Waals surface area contributed by atoms with Crippen LogP contribution in [0, 0.1) is 5.92 Å². The van der Waals surface area contributed by atoms with Gasteiger partial charge < -0.3 is 15.8 Å². The van der Waals surface area contributed by atoms with Gasteiger partial charge in [0.15, 0.2) is 0 Å². The van der Waals surface area contributed by atoms with Gasteiger partial charge in [-0.15, -0.1) is 0 Å². The van der Waals surface area contributed by atoms with E-state index in [4.69, 9.17) is 22.1 Å². The van der Waals surface area contributed by atoms with Gasteiger partial charge in [0, 0.05) is 11.8 Å². The smallest absolute Gasteiger partial charge is 0.241 e. The molecule has 0 radical (unpaired) electrons. The summed E-state index contributed by atoms with van der Waals surface area (Å²) in [7, 11) is 1.53. The fourth-order valence-corrected chi connectivity index (χ4v) is 1.67. The van der Waals surface area contributed by atoms with Crippen LogP contribution in [0.4, 0.5) is 5.69 Å². The molecule has 1 amide bonds. The number of ether oxygens (including phenoxy) is 1. The van der Waals surface area contributed by atoms with E-state index in [2.05, 4.69) is 5.32 Å². The molecule has 1 rings (SSSR count). The number of nitrogens with two attached hydrogens (primary N) is 1. The molecule has 0 aliphatic rings. The van der Waals surface area contributed by atoms with Gasteiger partial charge in [0.25, 0.3) is 0 Å². The van der Waals surface area contributed by atoms with Crippen LogP contribution in [-0.2, 0) is 4.79 Å². The van der Waals surface area contributed by atoms with E-state index in [-0.39, 0.29) is 11.8 Å². The van der Waals surface area contributed by atoms with Gasteiger partial charge in [-0.05, 0) is 18.1 Å². The van der Waals surface area contributed by atoms with E-state index < -0.39 is 6.04 Å². The van der Waals surface area contributed by atoms with E-state index in [1.807, 2.05) is 13.8 Å². The number of carbonyl (C=O) groups excluding carboxylic acids is 1. The van der Waals surface area contributed by atoms with Crippen LogP contribution >= 0.6 is 11.6 Å². The molecule has 0 aromatic heterocycles. The molecule has 1 aromatic rings. The normalized spacial score (nSPS) is 13.8. The number of amides is 1. The Hall–Kier alpha value is -1.26. The SMILES string of the molecule is CCC(C)C(N)C(=O)Nc1ccc(Cl)c(OC)c1. The molecule has 2 atom stereocenters. The van der Waals surface area contributed by atoms with E-state index in [9.17, 15) is 4.79 Å². The third-order valence-corrected chi connectivity index (χ3v) is 3.29. The minimum atomic E-state index is -0.517. The molecule has 0 heterocycles. The highest BCUT2D eigenvalue weighted by molar-refractivity contribution is 6.32. The summed E-state index contributed by atoms with van der Waals surface area (Å²) < 4.78 is 5.08. The monoisotopic (exact) mass is 270 g/mol. The second-order valence-corrected chi connectivity index (χ2v) is 4.66. The molecule has 0 aliphatic carbocycles. The van der Waals surface area contributed by atoms with Gasteiger partial charge in [-0.25, -0.2) is 0 Å². The van der Waals surface area contributed by atoms with Gasteiger partial charge in [0.05, 0.1) is 18.2 Å². The number of rotatable bonds is 5. The van der Waals surface area contributed by atoms with Crippen LogP contribution in [0.25, 0.3) is 0 Å². The van der Waals surface area contributed by atoms with Crippen LogP contribution in [-0.4, -0.2) is 19.1 Å². The van der Waals surface area contributed by atoms with Crippen molar-refractivity contribution in [3.8, 4) is 5.75 Å². The largest absolute Gasteiger partial charge is 0.495 e. The summed E-state index contributed by atoms with van der Waals surface area (Å²) in [6.45, 7) is 3.95. The topological polar surface area (TPSA) is 64.4 Å². The maximum atomic E-state index is 11.9. The molecule has 2 unspecified atom stereocenters. The Bertz CT molecular complexity index is 423. The maximum absolute atomic E-state index is 11.9. The van der Waals surface area contributed by atoms with Gasteiger partial charge >= 0.3 is 0 Å². The first-order valence-corrected chi connectivity index (χ1v) is 6.27. The summed E-state index contributed by atoms with van der Waals surface area (Å²) >= 11 is 5.91. The van der Waals surface area contributed by atoms with Crippen molar-refractivity contribution in [3.05, 3.63) is 23.2 Å². The molecule has 1 aromatic carbocycles. The molecule has 4 nitrogen and oxygen atoms in total. The zero-order valence-electron chi connectivity index (χ0n) is 10.9. The van der Waals surface area contributed by atoms with Crippen LogP contribution in [0.15, 0.2) is 18.2 Å². The molecule has 3 N–H and O–H groups in total. The van der Waals surface area contributed by atoms with E-state index in [0.29, 0.717) is 16.5 Å². The molecular weight excluding hydrogens is 252 g/mol. The first kappa shape index (κ1) is 14.8. The van der Waals surface area contributed by atoms with Crippen LogP contribution in [0.1, 0.15) is 20.3 Å². The number of methoxy groups -OCH3 is 1. The van der Waals surface area contributed by atoms with Crippen LogP contribution < -0.4 is 15.8 Å². The van der Waals surface area contributed by atoms with Crippen molar-refractivity contribution in [2.24, 2.45) is 11.7 Å². The Morgan fingerprint density at radius 3 is 2.78 bits per heavy atom. The number of halogens is 1. The summed E-state index contributed by atoms with van der Waals surface area (Å²) in [4.78, 5) is 11.9. The van der Waals surface area contributed by atoms with Crippen LogP contribution in [0.2, 0.25) is 5.02 Å². The third kappa shape index (κ3) is 3.62. The van der Waals surface area contributed by atoms with Gasteiger partial charge in [-0.3, -0.25) is 4.79 Å². The van der Waals surface area contributed by atoms with Gasteiger partial charge in [-0.1, -0.05) is 31.9 Å². The Labute approximate surface area is 112 Å². The number of anilines is 1. The van der Waals surface area contributed by atoms with Crippen molar-refractivity contribution >= 4 is 23.2 Å². The summed E-state index contributed by atoms with van der Waals surface area (Å²) in [5.41, 5.74) is 6.48. The van der Waals surface area contributed by atoms with Gasteiger partial charge in [0.2, 0.25) is 5.91 Å². The lowest BCUT2D eigenvalue weighted by atomic mass is 9.99. The lowest BCUT2D eigenvalue weighted by Crippen LogP contribution is -2.40. The predicted molar refractivity (Wildman–Crippen MR) is 74.1 cm³/mol. The average Bonchev–Trinajstić information content (AvgIpc) is 2.38. The second kappa shape index (κ2) is 6.61. The quantitative estimate of drug-likeness (QED) is 0.865. The Morgan fingerprint density at radius 2 is 2.22 bits per heavy atom. The summed E-state index contributed by atoms with van der Waals surface area (Å²) in [5, 5.41) is 3.26. The molecule has 0 bridgehead atoms. The minimum absolute atomic E-state index is 0.138. The average molecular weight is 271 g/mol. The standard InChI is InChI=1S/C13H19ClN2O2/c1-4-8(2)12(15)13(17)16-9-5-6-10(14)11(7-9)18-3/h5-8,12H,4,15H2,1-3H3,(H,16,17). The molecule has 0 fully saturated rings. The lowest BCUT2D eigenvalue weighted by Gasteiger charge is -2.18. The van der Waals surface area contributed by atoms with Crippen molar-refractivity contribution in [1.82, 2.24) is 0 Å². The molecule has 5 heteroatoms. The van der Waals surface area contributed by atoms with Gasteiger partial charge in [-0.2, -0.15) is 0 Å². The fraction of sp³-hybridized carbons (Fsp3) is 0.462. The lowest BCUT2D eigenvalue weighted by molar-refractivity contribution is -0.118. The third-order valence-electron chi connectivity index (χ3n) is 2.98. The van der Waals surface area contributed by atoms with E-state index in [1.165, 1.54) is 7.11 Å². The first-order chi connectivity index (χ1) is 8.49. The van der Waals surface area contributed by atoms with Crippen molar-refractivity contribution in [3.63, 3.8) is 0 Å². The molecule has 18 heavy (non-hydrogen) atoms. The molecule has 0 saturated carbocycles. The van der Waals surface area contributed by atoms with E-state index in [0.717, 1.165) is 6.42 Å². The minimum Gasteiger partial charge on any atom is -0.495 e. The Morgan fingerprint density at radius 1 is 1.56 bits per heavy atom. The first-order valence-electron chi connectivity index (χ1n) is 5.89. The second-order valence-electron chi connectivity index (χ2n) is 4.25. The summed E-state index contributed by atoms with van der Waals surface area (Å²) in [6.07, 6.45) is 0.860. The molecule has 0 spiro atoms. The number of benzene rings is 1. The van der Waals surface area contributed by atoms with Crippen molar-refractivity contribution in [1.29, 1.82) is 0 Å². The highest BCUT2D eigenvalue weighted by Crippen LogP contribution is 2.27. The number of nitrogens with one attached hydrogen (secondary N) is 1. The molecular formula is C13H19ClN2O2. The summed E-state index contributed by atoms with van der Waals surface area (Å²) in [6, 6.07) is 4.54. The highest BCUT2D eigenvalue weighted by Gasteiger charge is 2.19. The van der Waals surface area contributed by atoms with Gasteiger partial charge in [0.1, 0.15) is 5.75 Å². The molecule has 100 valence electrons. The maximum Gasteiger partial charge on any atom is 0.241 e. The number of hydrogen-bond donors (Lipinski definition) is 2. The Balaban J connectivity index is 2.76. The summed E-state index contributed by atoms with van der Waals surface area (Å²) in [5.74, 6) is 0.458. The molecule has 0 saturated heterocycles. The van der Waals surface area contributed by atoms with Crippen LogP contribution in [0.5, 0.6) is 5.75 Å². The number of carbonyl (C=O) groups is 1. The van der Waals surface area contributed by atoms with Crippen molar-refractivity contribution in [2.45, 2.75) is 26.3 Å². The highest BCUT2D eigenvalue weighted by atomic mass is 35.5. The van der Waals surface area contributed by atoms with E-state index in [1.54, 1.807) is 18.2 Å². The fourth-order valence-electron chi connectivity index (χ4n) is 1.48. The van der Waals surface area contributed by atoms with Crippen LogP contribution in [0.3, 0.4) is 0 Å². The zero-order chi connectivity index (χ0) is 13.7. The van der Waals surface area contributed by atoms with Crippen molar-refractivity contribution in [2.75, 3.05) is 12.4 Å². The number of hydrogen-bond acceptors (Lipinski definition) is 3. The van der Waals surface area contributed by atoms with E-state index >= 15 is 0 Å². The predicted octanol–water partition coefficient (Wildman–Crippen LogP) is 2.66.